The molecule has 0 bridgehead atoms. The van der Waals surface area contributed by atoms with Crippen LogP contribution in [0.25, 0.3) is 0 Å². The van der Waals surface area contributed by atoms with Crippen LogP contribution in [0.4, 0.5) is 0 Å². The van der Waals surface area contributed by atoms with Gasteiger partial charge in [0.25, 0.3) is 0 Å². The number of hydrogen-bond acceptors (Lipinski definition) is 6. The number of ether oxygens (including phenoxy) is 4. The molecule has 0 heterocycles. The zero-order valence-corrected chi connectivity index (χ0v) is 29.6. The Kier molecular flexibility index (Phi) is 20.7. The third-order valence-corrected chi connectivity index (χ3v) is 6.21. The molecule has 0 saturated carbocycles. The Labute approximate surface area is 259 Å². The molecule has 2 aromatic rings. The van der Waals surface area contributed by atoms with E-state index in [2.05, 4.69) is 65.8 Å². The fourth-order valence-electron chi connectivity index (χ4n) is 3.22. The lowest BCUT2D eigenvalue weighted by Crippen LogP contribution is -2.37. The minimum atomic E-state index is -0.264. The Bertz CT molecular complexity index is 843. The van der Waals surface area contributed by atoms with Crippen LogP contribution in [0.2, 0.25) is 0 Å². The second-order valence-corrected chi connectivity index (χ2v) is 12.5. The van der Waals surface area contributed by atoms with Crippen molar-refractivity contribution in [2.45, 2.75) is 132 Å². The summed E-state index contributed by atoms with van der Waals surface area (Å²) in [5, 5.41) is 0. The van der Waals surface area contributed by atoms with E-state index in [0.29, 0.717) is 26.3 Å². The molecule has 0 radical (unpaired) electrons. The third kappa shape index (κ3) is 20.7. The molecule has 0 atom stereocenters. The van der Waals surface area contributed by atoms with E-state index in [4.69, 9.17) is 30.4 Å². The Hall–Kier alpha value is -2.12. The van der Waals surface area contributed by atoms with Crippen molar-refractivity contribution in [2.24, 2.45) is 11.5 Å². The van der Waals surface area contributed by atoms with E-state index in [1.807, 2.05) is 79.7 Å². The Morgan fingerprint density at radius 1 is 0.476 bits per heavy atom. The maximum Gasteiger partial charge on any atom is 0.120 e. The molecule has 2 aromatic carbocycles. The van der Waals surface area contributed by atoms with Gasteiger partial charge in [-0.3, -0.25) is 0 Å². The molecule has 2 rings (SSSR count). The molecule has 0 aliphatic rings. The smallest absolute Gasteiger partial charge is 0.120 e. The number of nitrogens with two attached hydrogens (primary N) is 2. The Morgan fingerprint density at radius 2 is 0.738 bits per heavy atom. The fraction of sp³-hybridized carbons (Fsp3) is 0.667. The van der Waals surface area contributed by atoms with Gasteiger partial charge in [-0.15, -0.1) is 0 Å². The van der Waals surface area contributed by atoms with Crippen LogP contribution in [-0.2, 0) is 9.47 Å². The molecule has 0 aromatic heterocycles. The van der Waals surface area contributed by atoms with Gasteiger partial charge < -0.3 is 30.4 Å². The first-order valence-corrected chi connectivity index (χ1v) is 15.7. The molecular formula is C36H66N2O4. The molecule has 0 saturated heterocycles. The van der Waals surface area contributed by atoms with Gasteiger partial charge in [-0.1, -0.05) is 63.1 Å². The van der Waals surface area contributed by atoms with Crippen LogP contribution >= 0.6 is 0 Å². The summed E-state index contributed by atoms with van der Waals surface area (Å²) in [5.74, 6) is 1.79. The van der Waals surface area contributed by atoms with Gasteiger partial charge in [0, 0.05) is 25.9 Å². The van der Waals surface area contributed by atoms with Gasteiger partial charge in [0.1, 0.15) is 22.7 Å². The van der Waals surface area contributed by atoms with Gasteiger partial charge >= 0.3 is 0 Å². The van der Waals surface area contributed by atoms with E-state index in [1.54, 1.807) is 0 Å². The van der Waals surface area contributed by atoms with Gasteiger partial charge in [0.2, 0.25) is 0 Å². The van der Waals surface area contributed by atoms with E-state index in [0.717, 1.165) is 24.3 Å². The van der Waals surface area contributed by atoms with Gasteiger partial charge in [-0.05, 0) is 93.5 Å². The van der Waals surface area contributed by atoms with Crippen molar-refractivity contribution >= 4 is 0 Å². The molecule has 6 heteroatoms. The number of rotatable bonds is 14. The van der Waals surface area contributed by atoms with Gasteiger partial charge in [0.15, 0.2) is 0 Å². The van der Waals surface area contributed by atoms with Crippen molar-refractivity contribution in [3.05, 3.63) is 59.7 Å². The summed E-state index contributed by atoms with van der Waals surface area (Å²) in [4.78, 5) is 0. The van der Waals surface area contributed by atoms with E-state index in [-0.39, 0.29) is 22.4 Å². The largest absolute Gasteiger partial charge is 0.488 e. The first-order valence-electron chi connectivity index (χ1n) is 15.7. The maximum atomic E-state index is 5.99. The second kappa shape index (κ2) is 20.7. The first kappa shape index (κ1) is 42.0. The second-order valence-electron chi connectivity index (χ2n) is 12.5. The van der Waals surface area contributed by atoms with Gasteiger partial charge in [0.05, 0.1) is 24.4 Å². The summed E-state index contributed by atoms with van der Waals surface area (Å²) in [6.07, 6.45) is 1.65. The molecule has 0 aliphatic carbocycles. The Morgan fingerprint density at radius 3 is 0.976 bits per heavy atom. The molecule has 0 aliphatic heterocycles. The molecule has 0 spiro atoms. The molecular weight excluding hydrogens is 524 g/mol. The molecule has 0 amide bonds. The lowest BCUT2D eigenvalue weighted by molar-refractivity contribution is -0.0353. The summed E-state index contributed by atoms with van der Waals surface area (Å²) in [7, 11) is 0. The zero-order valence-electron chi connectivity index (χ0n) is 29.6. The minimum absolute atomic E-state index is 0.250. The summed E-state index contributed by atoms with van der Waals surface area (Å²) in [5.41, 5.74) is 12.7. The summed E-state index contributed by atoms with van der Waals surface area (Å²) >= 11 is 0. The third-order valence-electron chi connectivity index (χ3n) is 6.21. The Balaban J connectivity index is 0. The highest BCUT2D eigenvalue weighted by molar-refractivity contribution is 5.27. The summed E-state index contributed by atoms with van der Waals surface area (Å²) in [6, 6.07) is 16.2. The molecule has 0 unspecified atom stereocenters. The lowest BCUT2D eigenvalue weighted by atomic mass is 10.1. The SMILES string of the molecule is CC.CC.Cc1ccc(OC(C)(C)CCOC(C)(C)CN)cc1.Cc1ccc(OC(C)(C)CCOC(C)(C)CN)cc1. The molecule has 4 N–H and O–H groups in total. The van der Waals surface area contributed by atoms with Crippen LogP contribution in [-0.4, -0.2) is 48.7 Å². The van der Waals surface area contributed by atoms with E-state index >= 15 is 0 Å². The standard InChI is InChI=1S/2C16H27NO2.2C2H6/c2*1-13-6-8-14(9-7-13)19-15(2,3)10-11-18-16(4,5)12-17;2*1-2/h2*6-9H,10-12,17H2,1-5H3;2*1-2H3. The van der Waals surface area contributed by atoms with Crippen molar-refractivity contribution in [1.29, 1.82) is 0 Å². The van der Waals surface area contributed by atoms with Gasteiger partial charge in [-0.2, -0.15) is 0 Å². The van der Waals surface area contributed by atoms with E-state index < -0.39 is 0 Å². The lowest BCUT2D eigenvalue weighted by Gasteiger charge is -2.29. The van der Waals surface area contributed by atoms with Crippen LogP contribution in [0.3, 0.4) is 0 Å². The van der Waals surface area contributed by atoms with Crippen LogP contribution in [0.15, 0.2) is 48.5 Å². The normalized spacial score (nSPS) is 11.6. The summed E-state index contributed by atoms with van der Waals surface area (Å²) in [6.45, 7) is 30.8. The average molecular weight is 591 g/mol. The molecule has 0 fully saturated rings. The highest BCUT2D eigenvalue weighted by Crippen LogP contribution is 2.23. The highest BCUT2D eigenvalue weighted by Gasteiger charge is 2.24. The zero-order chi connectivity index (χ0) is 33.0. The van der Waals surface area contributed by atoms with Gasteiger partial charge in [-0.25, -0.2) is 0 Å². The van der Waals surface area contributed by atoms with Crippen LogP contribution < -0.4 is 20.9 Å². The van der Waals surface area contributed by atoms with Crippen molar-refractivity contribution in [2.75, 3.05) is 26.3 Å². The predicted octanol–water partition coefficient (Wildman–Crippen LogP) is 8.65. The molecule has 42 heavy (non-hydrogen) atoms. The first-order chi connectivity index (χ1) is 19.5. The van der Waals surface area contributed by atoms with Crippen molar-refractivity contribution in [3.8, 4) is 11.5 Å². The summed E-state index contributed by atoms with van der Waals surface area (Å²) < 4.78 is 23.5. The highest BCUT2D eigenvalue weighted by atomic mass is 16.5. The average Bonchev–Trinajstić information content (AvgIpc) is 2.93. The van der Waals surface area contributed by atoms with Crippen LogP contribution in [0.1, 0.15) is 107 Å². The molecule has 244 valence electrons. The monoisotopic (exact) mass is 591 g/mol. The van der Waals surface area contributed by atoms with Crippen molar-refractivity contribution in [1.82, 2.24) is 0 Å². The van der Waals surface area contributed by atoms with Crippen molar-refractivity contribution < 1.29 is 18.9 Å². The number of aryl methyl sites for hydroxylation is 2. The topological polar surface area (TPSA) is 89.0 Å². The maximum absolute atomic E-state index is 5.99. The molecule has 6 nitrogen and oxygen atoms in total. The number of hydrogen-bond donors (Lipinski definition) is 2. The minimum Gasteiger partial charge on any atom is -0.488 e. The van der Waals surface area contributed by atoms with E-state index in [9.17, 15) is 0 Å². The quantitative estimate of drug-likeness (QED) is 0.229. The van der Waals surface area contributed by atoms with Crippen LogP contribution in [0, 0.1) is 13.8 Å². The van der Waals surface area contributed by atoms with Crippen LogP contribution in [0.5, 0.6) is 11.5 Å². The van der Waals surface area contributed by atoms with Crippen molar-refractivity contribution in [3.63, 3.8) is 0 Å². The number of benzene rings is 2. The predicted molar refractivity (Wildman–Crippen MR) is 182 cm³/mol. The van der Waals surface area contributed by atoms with E-state index in [1.165, 1.54) is 11.1 Å². The fourth-order valence-corrected chi connectivity index (χ4v) is 3.22.